The van der Waals surface area contributed by atoms with Gasteiger partial charge in [0, 0.05) is 18.0 Å². The van der Waals surface area contributed by atoms with E-state index in [-0.39, 0.29) is 5.82 Å². The van der Waals surface area contributed by atoms with E-state index in [9.17, 15) is 4.39 Å². The highest BCUT2D eigenvalue weighted by Gasteiger charge is 2.04. The first-order valence-electron chi connectivity index (χ1n) is 6.38. The molecular formula is C16H17FN2S. The van der Waals surface area contributed by atoms with E-state index in [0.29, 0.717) is 6.54 Å². The van der Waals surface area contributed by atoms with E-state index in [1.165, 1.54) is 17.0 Å². The molecule has 0 saturated heterocycles. The van der Waals surface area contributed by atoms with Crippen LogP contribution in [0.1, 0.15) is 15.3 Å². The molecule has 2 aromatic rings. The smallest absolute Gasteiger partial charge is 0.123 e. The third kappa shape index (κ3) is 4.46. The highest BCUT2D eigenvalue weighted by atomic mass is 32.1. The maximum atomic E-state index is 12.8. The normalized spacial score (nSPS) is 10.4. The molecule has 0 aliphatic rings. The zero-order valence-electron chi connectivity index (χ0n) is 11.4. The Labute approximate surface area is 123 Å². The molecule has 1 heterocycles. The van der Waals surface area contributed by atoms with Gasteiger partial charge >= 0.3 is 0 Å². The molecule has 0 bridgehead atoms. The lowest BCUT2D eigenvalue weighted by molar-refractivity contribution is 0.322. The molecule has 0 amide bonds. The minimum absolute atomic E-state index is 0.197. The van der Waals surface area contributed by atoms with Gasteiger partial charge in [0.2, 0.25) is 0 Å². The van der Waals surface area contributed by atoms with E-state index in [4.69, 9.17) is 5.73 Å². The number of halogens is 1. The van der Waals surface area contributed by atoms with Gasteiger partial charge in [-0.2, -0.15) is 0 Å². The molecule has 0 spiro atoms. The first-order chi connectivity index (χ1) is 9.67. The van der Waals surface area contributed by atoms with Crippen LogP contribution >= 0.6 is 11.3 Å². The lowest BCUT2D eigenvalue weighted by Gasteiger charge is -2.15. The highest BCUT2D eigenvalue weighted by molar-refractivity contribution is 7.12. The van der Waals surface area contributed by atoms with E-state index in [0.717, 1.165) is 23.5 Å². The van der Waals surface area contributed by atoms with Crippen molar-refractivity contribution in [3.63, 3.8) is 0 Å². The molecule has 2 N–H and O–H groups in total. The van der Waals surface area contributed by atoms with Gasteiger partial charge in [0.05, 0.1) is 11.4 Å². The lowest BCUT2D eigenvalue weighted by atomic mass is 10.2. The maximum absolute atomic E-state index is 12.8. The summed E-state index contributed by atoms with van der Waals surface area (Å²) < 4.78 is 12.8. The van der Waals surface area contributed by atoms with E-state index in [1.807, 2.05) is 25.2 Å². The van der Waals surface area contributed by atoms with Gasteiger partial charge in [-0.3, -0.25) is 4.90 Å². The molecule has 0 fully saturated rings. The lowest BCUT2D eigenvalue weighted by Crippen LogP contribution is -2.16. The Balaban J connectivity index is 1.92. The van der Waals surface area contributed by atoms with Crippen molar-refractivity contribution in [2.45, 2.75) is 13.1 Å². The summed E-state index contributed by atoms with van der Waals surface area (Å²) in [5, 5.41) is 0. The van der Waals surface area contributed by atoms with E-state index in [2.05, 4.69) is 22.8 Å². The Morgan fingerprint density at radius 1 is 1.15 bits per heavy atom. The molecule has 1 aromatic carbocycles. The first-order valence-corrected chi connectivity index (χ1v) is 7.19. The molecular weight excluding hydrogens is 271 g/mol. The van der Waals surface area contributed by atoms with Gasteiger partial charge in [-0.15, -0.1) is 11.3 Å². The number of nitrogens with two attached hydrogens (primary N) is 1. The summed E-state index contributed by atoms with van der Waals surface area (Å²) in [6.45, 7) is 2.03. The molecule has 20 heavy (non-hydrogen) atoms. The Morgan fingerprint density at radius 2 is 1.90 bits per heavy atom. The van der Waals surface area contributed by atoms with Gasteiger partial charge in [-0.05, 0) is 36.9 Å². The van der Waals surface area contributed by atoms with Crippen LogP contribution in [0.5, 0.6) is 0 Å². The quantitative estimate of drug-likeness (QED) is 0.877. The predicted octanol–water partition coefficient (Wildman–Crippen LogP) is 2.83. The molecule has 1 aromatic heterocycles. The number of hydrogen-bond donors (Lipinski definition) is 1. The van der Waals surface area contributed by atoms with Gasteiger partial charge in [-0.1, -0.05) is 24.0 Å². The van der Waals surface area contributed by atoms with Gasteiger partial charge in [0.15, 0.2) is 0 Å². The Kier molecular flexibility index (Phi) is 5.31. The van der Waals surface area contributed by atoms with Crippen LogP contribution in [0.25, 0.3) is 0 Å². The summed E-state index contributed by atoms with van der Waals surface area (Å²) in [5.74, 6) is 5.70. The molecule has 0 aliphatic carbocycles. The Bertz CT molecular complexity index is 607. The maximum Gasteiger partial charge on any atom is 0.123 e. The zero-order chi connectivity index (χ0) is 14.4. The molecule has 0 radical (unpaired) electrons. The number of nitrogens with zero attached hydrogens (tertiary/aromatic N) is 1. The number of thiophene rings is 1. The van der Waals surface area contributed by atoms with Gasteiger partial charge in [0.25, 0.3) is 0 Å². The van der Waals surface area contributed by atoms with Crippen molar-refractivity contribution in [2.24, 2.45) is 5.73 Å². The second-order valence-corrected chi connectivity index (χ2v) is 5.74. The minimum Gasteiger partial charge on any atom is -0.320 e. The fraction of sp³-hybridized carbons (Fsp3) is 0.250. The molecule has 104 valence electrons. The van der Waals surface area contributed by atoms with Crippen LogP contribution in [0.4, 0.5) is 4.39 Å². The van der Waals surface area contributed by atoms with Crippen molar-refractivity contribution < 1.29 is 4.39 Å². The molecule has 0 unspecified atom stereocenters. The summed E-state index contributed by atoms with van der Waals surface area (Å²) in [5.41, 5.74) is 6.46. The van der Waals surface area contributed by atoms with Crippen LogP contribution in [0.15, 0.2) is 36.4 Å². The standard InChI is InChI=1S/C16H17FN2S/c1-19(11-13-4-6-14(17)7-5-13)12-16-9-8-15(20-16)3-2-10-18/h4-9H,10-12,18H2,1H3. The monoisotopic (exact) mass is 288 g/mol. The van der Waals surface area contributed by atoms with Crippen molar-refractivity contribution in [1.29, 1.82) is 0 Å². The van der Waals surface area contributed by atoms with Crippen molar-refractivity contribution in [1.82, 2.24) is 4.90 Å². The van der Waals surface area contributed by atoms with Crippen molar-refractivity contribution in [3.05, 3.63) is 57.5 Å². The Hall–Kier alpha value is -1.67. The average Bonchev–Trinajstić information content (AvgIpc) is 2.86. The van der Waals surface area contributed by atoms with Gasteiger partial charge < -0.3 is 5.73 Å². The minimum atomic E-state index is -0.197. The number of hydrogen-bond acceptors (Lipinski definition) is 3. The molecule has 0 saturated carbocycles. The van der Waals surface area contributed by atoms with Crippen LogP contribution in [0.3, 0.4) is 0 Å². The van der Waals surface area contributed by atoms with Crippen LogP contribution in [-0.4, -0.2) is 18.5 Å². The second kappa shape index (κ2) is 7.20. The van der Waals surface area contributed by atoms with Gasteiger partial charge in [-0.25, -0.2) is 4.39 Å². The Morgan fingerprint density at radius 3 is 2.60 bits per heavy atom. The van der Waals surface area contributed by atoms with Crippen LogP contribution in [0.2, 0.25) is 0 Å². The van der Waals surface area contributed by atoms with E-state index < -0.39 is 0 Å². The van der Waals surface area contributed by atoms with Crippen LogP contribution < -0.4 is 5.73 Å². The summed E-state index contributed by atoms with van der Waals surface area (Å²) >= 11 is 1.68. The first kappa shape index (κ1) is 14.7. The third-order valence-electron chi connectivity index (χ3n) is 2.77. The summed E-state index contributed by atoms with van der Waals surface area (Å²) in [6.07, 6.45) is 0. The highest BCUT2D eigenvalue weighted by Crippen LogP contribution is 2.18. The van der Waals surface area contributed by atoms with Crippen molar-refractivity contribution in [2.75, 3.05) is 13.6 Å². The largest absolute Gasteiger partial charge is 0.320 e. The molecule has 4 heteroatoms. The fourth-order valence-electron chi connectivity index (χ4n) is 1.89. The van der Waals surface area contributed by atoms with E-state index in [1.54, 1.807) is 11.3 Å². The summed E-state index contributed by atoms with van der Waals surface area (Å²) in [7, 11) is 2.05. The number of rotatable bonds is 4. The van der Waals surface area contributed by atoms with Crippen molar-refractivity contribution in [3.8, 4) is 11.8 Å². The van der Waals surface area contributed by atoms with E-state index >= 15 is 0 Å². The molecule has 2 nitrogen and oxygen atoms in total. The summed E-state index contributed by atoms with van der Waals surface area (Å²) in [4.78, 5) is 4.50. The topological polar surface area (TPSA) is 29.3 Å². The molecule has 0 aliphatic heterocycles. The third-order valence-corrected chi connectivity index (χ3v) is 3.75. The average molecular weight is 288 g/mol. The molecule has 2 rings (SSSR count). The van der Waals surface area contributed by atoms with Gasteiger partial charge in [0.1, 0.15) is 5.82 Å². The molecule has 0 atom stereocenters. The SMILES string of the molecule is CN(Cc1ccc(F)cc1)Cc1ccc(C#CCN)s1. The number of benzene rings is 1. The van der Waals surface area contributed by atoms with Crippen LogP contribution in [-0.2, 0) is 13.1 Å². The second-order valence-electron chi connectivity index (χ2n) is 4.57. The fourth-order valence-corrected chi connectivity index (χ4v) is 2.85. The van der Waals surface area contributed by atoms with Crippen molar-refractivity contribution >= 4 is 11.3 Å². The summed E-state index contributed by atoms with van der Waals surface area (Å²) in [6, 6.07) is 10.7. The van der Waals surface area contributed by atoms with Crippen LogP contribution in [0, 0.1) is 17.7 Å². The predicted molar refractivity (Wildman–Crippen MR) is 81.8 cm³/mol. The zero-order valence-corrected chi connectivity index (χ0v) is 12.2.